The zero-order chi connectivity index (χ0) is 20.1. The van der Waals surface area contributed by atoms with Crippen molar-refractivity contribution in [2.24, 2.45) is 0 Å². The molecule has 1 fully saturated rings. The van der Waals surface area contributed by atoms with E-state index in [1.165, 1.54) is 16.4 Å². The molecule has 0 aromatic heterocycles. The molecular formula is C21H25NO5S. The summed E-state index contributed by atoms with van der Waals surface area (Å²) in [5.41, 5.74) is 0.949. The molecule has 0 aliphatic carbocycles. The summed E-state index contributed by atoms with van der Waals surface area (Å²) in [4.78, 5) is 12.6. The molecule has 150 valence electrons. The summed E-state index contributed by atoms with van der Waals surface area (Å²) in [5.74, 6) is 0.0559. The highest BCUT2D eigenvalue weighted by Crippen LogP contribution is 2.26. The van der Waals surface area contributed by atoms with E-state index in [2.05, 4.69) is 0 Å². The number of rotatable bonds is 6. The number of carbonyl (C=O) groups is 1. The molecule has 1 atom stereocenters. The van der Waals surface area contributed by atoms with Crippen molar-refractivity contribution < 1.29 is 22.7 Å². The second kappa shape index (κ2) is 8.75. The lowest BCUT2D eigenvalue weighted by Gasteiger charge is -2.32. The van der Waals surface area contributed by atoms with E-state index in [-0.39, 0.29) is 23.1 Å². The molecule has 0 amide bonds. The van der Waals surface area contributed by atoms with Crippen molar-refractivity contribution in [2.45, 2.75) is 43.7 Å². The van der Waals surface area contributed by atoms with E-state index in [1.807, 2.05) is 25.1 Å². The predicted octanol–water partition coefficient (Wildman–Crippen LogP) is 3.62. The highest BCUT2D eigenvalue weighted by molar-refractivity contribution is 7.89. The summed E-state index contributed by atoms with van der Waals surface area (Å²) in [7, 11) is -2.09. The van der Waals surface area contributed by atoms with E-state index < -0.39 is 16.0 Å². The van der Waals surface area contributed by atoms with Gasteiger partial charge in [0.15, 0.2) is 0 Å². The maximum Gasteiger partial charge on any atom is 0.338 e. The Morgan fingerprint density at radius 3 is 2.68 bits per heavy atom. The maximum atomic E-state index is 13.0. The Morgan fingerprint density at radius 2 is 1.93 bits per heavy atom. The van der Waals surface area contributed by atoms with Gasteiger partial charge in [-0.2, -0.15) is 4.31 Å². The topological polar surface area (TPSA) is 72.9 Å². The number of carbonyl (C=O) groups excluding carboxylic acids is 1. The smallest absolute Gasteiger partial charge is 0.338 e. The number of methoxy groups -OCH3 is 1. The van der Waals surface area contributed by atoms with Crippen LogP contribution in [0, 0.1) is 0 Å². The first-order valence-electron chi connectivity index (χ1n) is 9.34. The van der Waals surface area contributed by atoms with E-state index in [9.17, 15) is 13.2 Å². The fourth-order valence-corrected chi connectivity index (χ4v) is 5.14. The average Bonchev–Trinajstić information content (AvgIpc) is 2.72. The Labute approximate surface area is 166 Å². The Morgan fingerprint density at radius 1 is 1.14 bits per heavy atom. The Hall–Kier alpha value is -2.38. The average molecular weight is 404 g/mol. The fraction of sp³-hybridized carbons (Fsp3) is 0.381. The van der Waals surface area contributed by atoms with Crippen molar-refractivity contribution in [1.82, 2.24) is 4.31 Å². The number of esters is 1. The van der Waals surface area contributed by atoms with E-state index in [1.54, 1.807) is 25.3 Å². The van der Waals surface area contributed by atoms with Crippen molar-refractivity contribution in [3.8, 4) is 5.75 Å². The number of benzene rings is 2. The van der Waals surface area contributed by atoms with Crippen LogP contribution in [0.5, 0.6) is 5.75 Å². The van der Waals surface area contributed by atoms with Crippen LogP contribution in [0.25, 0.3) is 0 Å². The van der Waals surface area contributed by atoms with Gasteiger partial charge in [-0.15, -0.1) is 0 Å². The van der Waals surface area contributed by atoms with E-state index >= 15 is 0 Å². The molecule has 1 saturated heterocycles. The molecule has 0 saturated carbocycles. The van der Waals surface area contributed by atoms with Crippen LogP contribution in [-0.4, -0.2) is 38.4 Å². The summed E-state index contributed by atoms with van der Waals surface area (Å²) in [6.07, 6.45) is 2.73. The van der Waals surface area contributed by atoms with Crippen LogP contribution >= 0.6 is 0 Å². The van der Waals surface area contributed by atoms with Crippen molar-refractivity contribution in [3.63, 3.8) is 0 Å². The number of nitrogens with zero attached hydrogens (tertiary/aromatic N) is 1. The molecule has 0 radical (unpaired) electrons. The van der Waals surface area contributed by atoms with Gasteiger partial charge in [0.05, 0.1) is 17.6 Å². The summed E-state index contributed by atoms with van der Waals surface area (Å²) < 4.78 is 38.1. The third-order valence-electron chi connectivity index (χ3n) is 4.97. The molecule has 3 rings (SSSR count). The number of piperidine rings is 1. The Kier molecular flexibility index (Phi) is 6.36. The predicted molar refractivity (Wildman–Crippen MR) is 106 cm³/mol. The molecule has 0 bridgehead atoms. The van der Waals surface area contributed by atoms with E-state index in [0.717, 1.165) is 24.8 Å². The van der Waals surface area contributed by atoms with Gasteiger partial charge >= 0.3 is 5.97 Å². The lowest BCUT2D eigenvalue weighted by atomic mass is 10.1. The van der Waals surface area contributed by atoms with Crippen molar-refractivity contribution in [2.75, 3.05) is 13.7 Å². The molecule has 0 spiro atoms. The Balaban J connectivity index is 1.76. The first-order chi connectivity index (χ1) is 13.4. The largest absolute Gasteiger partial charge is 0.496 e. The van der Waals surface area contributed by atoms with Crippen LogP contribution in [0.3, 0.4) is 0 Å². The van der Waals surface area contributed by atoms with Gasteiger partial charge in [-0.3, -0.25) is 0 Å². The lowest BCUT2D eigenvalue weighted by Crippen LogP contribution is -2.41. The fourth-order valence-electron chi connectivity index (χ4n) is 3.40. The number of para-hydroxylation sites is 1. The quantitative estimate of drug-likeness (QED) is 0.689. The highest BCUT2D eigenvalue weighted by Gasteiger charge is 2.31. The summed E-state index contributed by atoms with van der Waals surface area (Å²) in [5, 5.41) is 0. The SMILES string of the molecule is COc1ccccc1COC(=O)c1cccc(S(=O)(=O)N2CCCC[C@@H]2C)c1. The molecule has 0 N–H and O–H groups in total. The first kappa shape index (κ1) is 20.4. The molecule has 2 aromatic carbocycles. The highest BCUT2D eigenvalue weighted by atomic mass is 32.2. The van der Waals surface area contributed by atoms with Crippen LogP contribution < -0.4 is 4.74 Å². The number of hydrogen-bond acceptors (Lipinski definition) is 5. The second-order valence-electron chi connectivity index (χ2n) is 6.88. The monoisotopic (exact) mass is 403 g/mol. The zero-order valence-corrected chi connectivity index (χ0v) is 16.9. The van der Waals surface area contributed by atoms with Gasteiger partial charge in [-0.1, -0.05) is 30.7 Å². The molecule has 6 nitrogen and oxygen atoms in total. The van der Waals surface area contributed by atoms with Gasteiger partial charge in [0.1, 0.15) is 12.4 Å². The molecule has 1 aliphatic heterocycles. The number of hydrogen-bond donors (Lipinski definition) is 0. The maximum absolute atomic E-state index is 13.0. The van der Waals surface area contributed by atoms with Crippen molar-refractivity contribution in [1.29, 1.82) is 0 Å². The summed E-state index contributed by atoms with van der Waals surface area (Å²) >= 11 is 0. The number of sulfonamides is 1. The summed E-state index contributed by atoms with van der Waals surface area (Å²) in [6, 6.07) is 13.3. The minimum absolute atomic E-state index is 0.0418. The second-order valence-corrected chi connectivity index (χ2v) is 8.77. The summed E-state index contributed by atoms with van der Waals surface area (Å²) in [6.45, 7) is 2.47. The zero-order valence-electron chi connectivity index (χ0n) is 16.1. The lowest BCUT2D eigenvalue weighted by molar-refractivity contribution is 0.0470. The van der Waals surface area contributed by atoms with Gasteiger partial charge in [0, 0.05) is 18.2 Å². The molecule has 2 aromatic rings. The minimum atomic E-state index is -3.64. The molecule has 28 heavy (non-hydrogen) atoms. The standard InChI is InChI=1S/C21H25NO5S/c1-16-8-5-6-13-22(16)28(24,25)19-11-7-10-17(14-19)21(23)27-15-18-9-3-4-12-20(18)26-2/h3-4,7,9-12,14,16H,5-6,8,13,15H2,1-2H3/t16-/m0/s1. The molecule has 0 unspecified atom stereocenters. The third-order valence-corrected chi connectivity index (χ3v) is 6.98. The van der Waals surface area contributed by atoms with Crippen molar-refractivity contribution in [3.05, 3.63) is 59.7 Å². The normalized spacial score (nSPS) is 17.9. The molecular weight excluding hydrogens is 378 g/mol. The van der Waals surface area contributed by atoms with Gasteiger partial charge in [-0.05, 0) is 44.0 Å². The Bertz CT molecular complexity index is 941. The molecule has 1 aliphatic rings. The van der Waals surface area contributed by atoms with Gasteiger partial charge < -0.3 is 9.47 Å². The molecule has 7 heteroatoms. The number of ether oxygens (including phenoxy) is 2. The van der Waals surface area contributed by atoms with E-state index in [0.29, 0.717) is 12.3 Å². The van der Waals surface area contributed by atoms with Crippen LogP contribution in [0.2, 0.25) is 0 Å². The van der Waals surface area contributed by atoms with Crippen LogP contribution in [0.4, 0.5) is 0 Å². The van der Waals surface area contributed by atoms with E-state index in [4.69, 9.17) is 9.47 Å². The van der Waals surface area contributed by atoms with Gasteiger partial charge in [-0.25, -0.2) is 13.2 Å². The molecule has 1 heterocycles. The third kappa shape index (κ3) is 4.36. The van der Waals surface area contributed by atoms with Gasteiger partial charge in [0.2, 0.25) is 10.0 Å². The minimum Gasteiger partial charge on any atom is -0.496 e. The van der Waals surface area contributed by atoms with Crippen LogP contribution in [0.15, 0.2) is 53.4 Å². The van der Waals surface area contributed by atoms with Gasteiger partial charge in [0.25, 0.3) is 0 Å². The first-order valence-corrected chi connectivity index (χ1v) is 10.8. The van der Waals surface area contributed by atoms with Crippen molar-refractivity contribution >= 4 is 16.0 Å². The van der Waals surface area contributed by atoms with Crippen LogP contribution in [0.1, 0.15) is 42.1 Å². The van der Waals surface area contributed by atoms with Crippen LogP contribution in [-0.2, 0) is 21.4 Å².